The van der Waals surface area contributed by atoms with Crippen molar-refractivity contribution in [3.8, 4) is 11.5 Å². The van der Waals surface area contributed by atoms with E-state index in [1.54, 1.807) is 19.2 Å². The number of aryl methyl sites for hydroxylation is 1. The smallest absolute Gasteiger partial charge is 0.335 e. The number of rotatable bonds is 7. The van der Waals surface area contributed by atoms with E-state index >= 15 is 0 Å². The molecule has 31 heavy (non-hydrogen) atoms. The van der Waals surface area contributed by atoms with Crippen molar-refractivity contribution in [1.82, 2.24) is 4.98 Å². The molecule has 6 heteroatoms. The van der Waals surface area contributed by atoms with Gasteiger partial charge < -0.3 is 24.3 Å². The highest BCUT2D eigenvalue weighted by molar-refractivity contribution is 5.91. The molecule has 0 spiro atoms. The Bertz CT molecular complexity index is 1060. The van der Waals surface area contributed by atoms with Gasteiger partial charge in [-0.2, -0.15) is 0 Å². The zero-order valence-corrected chi connectivity index (χ0v) is 18.2. The predicted octanol–water partition coefficient (Wildman–Crippen LogP) is 5.30. The predicted molar refractivity (Wildman–Crippen MR) is 119 cm³/mol. The van der Waals surface area contributed by atoms with E-state index in [-0.39, 0.29) is 23.7 Å². The molecule has 1 heterocycles. The molecule has 1 saturated carbocycles. The first-order valence-corrected chi connectivity index (χ1v) is 10.8. The van der Waals surface area contributed by atoms with Gasteiger partial charge >= 0.3 is 5.97 Å². The Morgan fingerprint density at radius 2 is 1.97 bits per heavy atom. The first-order chi connectivity index (χ1) is 15.0. The number of carboxylic acid groups (broad SMARTS) is 1. The van der Waals surface area contributed by atoms with E-state index in [2.05, 4.69) is 4.98 Å². The zero-order valence-electron chi connectivity index (χ0n) is 18.2. The van der Waals surface area contributed by atoms with Gasteiger partial charge in [-0.3, -0.25) is 0 Å². The number of methoxy groups -OCH3 is 1. The number of carboxylic acids is 1. The van der Waals surface area contributed by atoms with Gasteiger partial charge in [-0.05, 0) is 68.5 Å². The number of ether oxygens (including phenoxy) is 3. The molecule has 3 atom stereocenters. The Hall–Kier alpha value is -2.99. The standard InChI is InChI=1S/C25H29NO5/c1-4-30-18-9-10-21(20(14-18)16-5-7-17(8-6-16)25(27)28)31-24-19-11-12-26-23(19)15(2)13-22(24)29-3/h5-8,11-13,18,20-21,26H,4,9-10,14H2,1-3H3,(H,27,28)/t18?,20-,21+/m1/s1. The van der Waals surface area contributed by atoms with Crippen molar-refractivity contribution in [2.75, 3.05) is 13.7 Å². The van der Waals surface area contributed by atoms with Crippen LogP contribution in [0.1, 0.15) is 53.6 Å². The average Bonchev–Trinajstić information content (AvgIpc) is 3.27. The van der Waals surface area contributed by atoms with Crippen molar-refractivity contribution in [3.05, 3.63) is 59.3 Å². The molecule has 2 N–H and O–H groups in total. The number of aromatic carboxylic acids is 1. The number of H-pyrrole nitrogens is 1. The lowest BCUT2D eigenvalue weighted by Gasteiger charge is -2.36. The van der Waals surface area contributed by atoms with Gasteiger partial charge in [-0.25, -0.2) is 4.79 Å². The van der Waals surface area contributed by atoms with Crippen molar-refractivity contribution in [2.45, 2.75) is 51.2 Å². The molecular formula is C25H29NO5. The minimum atomic E-state index is -0.922. The first-order valence-electron chi connectivity index (χ1n) is 10.8. The summed E-state index contributed by atoms with van der Waals surface area (Å²) >= 11 is 0. The van der Waals surface area contributed by atoms with Crippen LogP contribution in [0.5, 0.6) is 11.5 Å². The van der Waals surface area contributed by atoms with E-state index in [4.69, 9.17) is 14.2 Å². The second-order valence-electron chi connectivity index (χ2n) is 8.07. The first kappa shape index (κ1) is 21.2. The molecule has 0 saturated heterocycles. The van der Waals surface area contributed by atoms with Gasteiger partial charge in [-0.15, -0.1) is 0 Å². The molecule has 2 aromatic carbocycles. The third-order valence-corrected chi connectivity index (χ3v) is 6.17. The van der Waals surface area contributed by atoms with E-state index in [0.717, 1.165) is 52.8 Å². The summed E-state index contributed by atoms with van der Waals surface area (Å²) in [7, 11) is 1.66. The second-order valence-corrected chi connectivity index (χ2v) is 8.07. The molecule has 0 amide bonds. The number of aromatic nitrogens is 1. The Morgan fingerprint density at radius 3 is 2.65 bits per heavy atom. The SMILES string of the molecule is CCOC1CC[C@H](Oc2c(OC)cc(C)c3[nH]ccc23)[C@@H](c2ccc(C(=O)O)cc2)C1. The molecule has 1 aromatic heterocycles. The Morgan fingerprint density at radius 1 is 1.19 bits per heavy atom. The van der Waals surface area contributed by atoms with Crippen LogP contribution < -0.4 is 9.47 Å². The quantitative estimate of drug-likeness (QED) is 0.539. The molecule has 4 rings (SSSR count). The van der Waals surface area contributed by atoms with E-state index in [1.165, 1.54) is 0 Å². The van der Waals surface area contributed by atoms with Crippen LogP contribution in [0.3, 0.4) is 0 Å². The molecule has 1 aliphatic carbocycles. The number of fused-ring (bicyclic) bond motifs is 1. The van der Waals surface area contributed by atoms with E-state index in [1.807, 2.05) is 44.3 Å². The summed E-state index contributed by atoms with van der Waals surface area (Å²) < 4.78 is 18.3. The lowest BCUT2D eigenvalue weighted by Crippen LogP contribution is -2.35. The molecule has 6 nitrogen and oxygen atoms in total. The summed E-state index contributed by atoms with van der Waals surface area (Å²) in [6, 6.07) is 11.1. The average molecular weight is 424 g/mol. The normalized spacial score (nSPS) is 21.2. The monoisotopic (exact) mass is 423 g/mol. The second kappa shape index (κ2) is 9.02. The summed E-state index contributed by atoms with van der Waals surface area (Å²) in [6.45, 7) is 4.74. The van der Waals surface area contributed by atoms with Gasteiger partial charge in [0.05, 0.1) is 24.3 Å². The molecule has 1 aliphatic rings. The summed E-state index contributed by atoms with van der Waals surface area (Å²) in [6.07, 6.45) is 4.61. The van der Waals surface area contributed by atoms with Crippen LogP contribution in [-0.4, -0.2) is 42.0 Å². The highest BCUT2D eigenvalue weighted by Crippen LogP contribution is 2.43. The summed E-state index contributed by atoms with van der Waals surface area (Å²) in [5.74, 6) is 0.635. The van der Waals surface area contributed by atoms with Gasteiger partial charge in [0.25, 0.3) is 0 Å². The minimum absolute atomic E-state index is 0.0675. The van der Waals surface area contributed by atoms with Crippen molar-refractivity contribution in [3.63, 3.8) is 0 Å². The molecule has 1 unspecified atom stereocenters. The Balaban J connectivity index is 1.69. The summed E-state index contributed by atoms with van der Waals surface area (Å²) in [5, 5.41) is 10.2. The molecular weight excluding hydrogens is 394 g/mol. The maximum atomic E-state index is 11.3. The lowest BCUT2D eigenvalue weighted by molar-refractivity contribution is -0.00249. The number of hydrogen-bond acceptors (Lipinski definition) is 4. The number of benzene rings is 2. The highest BCUT2D eigenvalue weighted by Gasteiger charge is 2.34. The zero-order chi connectivity index (χ0) is 22.0. The Kier molecular flexibility index (Phi) is 6.18. The number of aromatic amines is 1. The maximum Gasteiger partial charge on any atom is 0.335 e. The molecule has 0 aliphatic heterocycles. The minimum Gasteiger partial charge on any atom is -0.493 e. The van der Waals surface area contributed by atoms with Gasteiger partial charge in [0.1, 0.15) is 6.10 Å². The van der Waals surface area contributed by atoms with Crippen LogP contribution in [0.4, 0.5) is 0 Å². The van der Waals surface area contributed by atoms with Crippen molar-refractivity contribution >= 4 is 16.9 Å². The highest BCUT2D eigenvalue weighted by atomic mass is 16.5. The van der Waals surface area contributed by atoms with Crippen LogP contribution in [0, 0.1) is 6.92 Å². The van der Waals surface area contributed by atoms with Crippen LogP contribution >= 0.6 is 0 Å². The summed E-state index contributed by atoms with van der Waals surface area (Å²) in [4.78, 5) is 14.6. The Labute approximate surface area is 182 Å². The lowest BCUT2D eigenvalue weighted by atomic mass is 9.79. The third kappa shape index (κ3) is 4.26. The van der Waals surface area contributed by atoms with Crippen LogP contribution in [-0.2, 0) is 4.74 Å². The van der Waals surface area contributed by atoms with Gasteiger partial charge in [-0.1, -0.05) is 12.1 Å². The number of carbonyl (C=O) groups is 1. The fraction of sp³-hybridized carbons (Fsp3) is 0.400. The molecule has 3 aromatic rings. The van der Waals surface area contributed by atoms with Gasteiger partial charge in [0.2, 0.25) is 0 Å². The van der Waals surface area contributed by atoms with E-state index in [0.29, 0.717) is 6.61 Å². The number of nitrogens with one attached hydrogen (secondary N) is 1. The van der Waals surface area contributed by atoms with Crippen LogP contribution in [0.2, 0.25) is 0 Å². The van der Waals surface area contributed by atoms with E-state index in [9.17, 15) is 9.90 Å². The fourth-order valence-corrected chi connectivity index (χ4v) is 4.63. The van der Waals surface area contributed by atoms with Gasteiger partial charge in [0, 0.05) is 24.1 Å². The number of hydrogen-bond donors (Lipinski definition) is 2. The summed E-state index contributed by atoms with van der Waals surface area (Å²) in [5.41, 5.74) is 3.50. The molecule has 0 radical (unpaired) electrons. The van der Waals surface area contributed by atoms with Crippen molar-refractivity contribution in [1.29, 1.82) is 0 Å². The van der Waals surface area contributed by atoms with Crippen molar-refractivity contribution in [2.24, 2.45) is 0 Å². The molecule has 1 fully saturated rings. The maximum absolute atomic E-state index is 11.3. The van der Waals surface area contributed by atoms with Crippen molar-refractivity contribution < 1.29 is 24.1 Å². The fourth-order valence-electron chi connectivity index (χ4n) is 4.63. The van der Waals surface area contributed by atoms with Crippen LogP contribution in [0.15, 0.2) is 42.6 Å². The molecule has 0 bridgehead atoms. The molecule has 164 valence electrons. The van der Waals surface area contributed by atoms with E-state index < -0.39 is 5.97 Å². The topological polar surface area (TPSA) is 80.8 Å². The largest absolute Gasteiger partial charge is 0.493 e. The van der Waals surface area contributed by atoms with Gasteiger partial charge in [0.15, 0.2) is 11.5 Å². The third-order valence-electron chi connectivity index (χ3n) is 6.17. The van der Waals surface area contributed by atoms with Crippen LogP contribution in [0.25, 0.3) is 10.9 Å².